The second-order valence-electron chi connectivity index (χ2n) is 2.59. The van der Waals surface area contributed by atoms with Crippen LogP contribution in [0.3, 0.4) is 0 Å². The van der Waals surface area contributed by atoms with Crippen molar-refractivity contribution in [1.29, 1.82) is 0 Å². The summed E-state index contributed by atoms with van der Waals surface area (Å²) in [5, 5.41) is 11.2. The molecule has 0 bridgehead atoms. The van der Waals surface area contributed by atoms with E-state index in [0.29, 0.717) is 6.42 Å². The summed E-state index contributed by atoms with van der Waals surface area (Å²) in [6, 6.07) is -0.0181. The second-order valence-corrected chi connectivity index (χ2v) is 3.15. The van der Waals surface area contributed by atoms with Gasteiger partial charge < -0.3 is 10.4 Å². The molecule has 0 aromatic rings. The third-order valence-electron chi connectivity index (χ3n) is 1.66. The van der Waals surface area contributed by atoms with Gasteiger partial charge in [0, 0.05) is 12.5 Å². The maximum Gasteiger partial charge on any atom is 0.303 e. The van der Waals surface area contributed by atoms with Crippen LogP contribution in [0.1, 0.15) is 12.8 Å². The largest absolute Gasteiger partial charge is 0.481 e. The Hall–Kier alpha value is -0.470. The van der Waals surface area contributed by atoms with Crippen LogP contribution in [0.15, 0.2) is 0 Å². The van der Waals surface area contributed by atoms with E-state index in [2.05, 4.69) is 14.6 Å². The van der Waals surface area contributed by atoms with E-state index in [0.717, 1.165) is 0 Å². The van der Waals surface area contributed by atoms with Crippen molar-refractivity contribution in [3.8, 4) is 0 Å². The van der Waals surface area contributed by atoms with Crippen molar-refractivity contribution in [3.63, 3.8) is 0 Å². The second kappa shape index (κ2) is 3.28. The average Bonchev–Trinajstić information content (AvgIpc) is 2.61. The minimum Gasteiger partial charge on any atom is -0.481 e. The summed E-state index contributed by atoms with van der Waals surface area (Å²) >= 11 is 0. The normalized spacial score (nSPS) is 28.1. The van der Waals surface area contributed by atoms with Crippen molar-refractivity contribution in [2.24, 2.45) is 0 Å². The topological polar surface area (TPSA) is 76.3 Å². The molecule has 0 saturated carbocycles. The molecule has 0 spiro atoms. The molecule has 1 heterocycles. The number of carbonyl (C=O) groups is 2. The number of rotatable bonds is 4. The molecule has 0 amide bonds. The van der Waals surface area contributed by atoms with Crippen LogP contribution in [0.25, 0.3) is 0 Å². The van der Waals surface area contributed by atoms with Crippen LogP contribution in [0.2, 0.25) is 0 Å². The third kappa shape index (κ3) is 2.56. The maximum atomic E-state index is 10.6. The first kappa shape index (κ1) is 8.62. The maximum absolute atomic E-state index is 10.6. The molecule has 1 fully saturated rings. The quantitative estimate of drug-likeness (QED) is 0.450. The zero-order chi connectivity index (χ0) is 8.43. The SMILES string of the molecule is O=C(O)CCC1NC1C(=O)P. The molecular weight excluding hydrogens is 165 g/mol. The molecule has 0 aromatic carbocycles. The summed E-state index contributed by atoms with van der Waals surface area (Å²) < 4.78 is 0. The number of hydrogen-bond acceptors (Lipinski definition) is 3. The predicted molar refractivity (Wildman–Crippen MR) is 42.3 cm³/mol. The van der Waals surface area contributed by atoms with Gasteiger partial charge in [-0.25, -0.2) is 0 Å². The Morgan fingerprint density at radius 1 is 1.55 bits per heavy atom. The lowest BCUT2D eigenvalue weighted by molar-refractivity contribution is -0.137. The van der Waals surface area contributed by atoms with Gasteiger partial charge in [-0.15, -0.1) is 0 Å². The van der Waals surface area contributed by atoms with Crippen molar-refractivity contribution in [2.75, 3.05) is 0 Å². The molecule has 4 nitrogen and oxygen atoms in total. The fourth-order valence-corrected chi connectivity index (χ4v) is 1.31. The molecule has 0 radical (unpaired) electrons. The molecule has 1 saturated heterocycles. The Kier molecular flexibility index (Phi) is 2.58. The van der Waals surface area contributed by atoms with E-state index >= 15 is 0 Å². The molecule has 1 aliphatic rings. The minimum atomic E-state index is -0.811. The predicted octanol–water partition coefficient (Wildman–Crippen LogP) is -0.407. The highest BCUT2D eigenvalue weighted by atomic mass is 31.0. The number of nitrogens with one attached hydrogen (secondary N) is 1. The van der Waals surface area contributed by atoms with Crippen LogP contribution in [-0.4, -0.2) is 28.7 Å². The van der Waals surface area contributed by atoms with Crippen LogP contribution in [0.5, 0.6) is 0 Å². The number of carboxylic acids is 1. The van der Waals surface area contributed by atoms with Gasteiger partial charge in [0.15, 0.2) is 5.52 Å². The third-order valence-corrected chi connectivity index (χ3v) is 2.02. The van der Waals surface area contributed by atoms with Crippen molar-refractivity contribution in [3.05, 3.63) is 0 Å². The van der Waals surface area contributed by atoms with Gasteiger partial charge in [-0.2, -0.15) is 0 Å². The van der Waals surface area contributed by atoms with E-state index in [-0.39, 0.29) is 24.0 Å². The summed E-state index contributed by atoms with van der Waals surface area (Å²) in [6.07, 6.45) is 0.673. The molecule has 0 aliphatic carbocycles. The molecule has 62 valence electrons. The number of carboxylic acid groups (broad SMARTS) is 1. The number of hydrogen-bond donors (Lipinski definition) is 2. The summed E-state index contributed by atoms with van der Waals surface area (Å²) in [7, 11) is 2.08. The molecule has 3 atom stereocenters. The van der Waals surface area contributed by atoms with Crippen molar-refractivity contribution < 1.29 is 14.7 Å². The van der Waals surface area contributed by atoms with E-state index in [1.807, 2.05) is 0 Å². The lowest BCUT2D eigenvalue weighted by Gasteiger charge is -1.90. The van der Waals surface area contributed by atoms with Crippen LogP contribution < -0.4 is 5.32 Å². The molecular formula is C6H10NO3P. The number of aliphatic carboxylic acids is 1. The molecule has 11 heavy (non-hydrogen) atoms. The van der Waals surface area contributed by atoms with Gasteiger partial charge in [0.2, 0.25) is 0 Å². The standard InChI is InChI=1S/C6H10NO3P/c8-4(9)2-1-3-5(7-3)6(10)11/h3,5,7H,1-2,11H2,(H,8,9). The van der Waals surface area contributed by atoms with Crippen LogP contribution in [0.4, 0.5) is 0 Å². The van der Waals surface area contributed by atoms with E-state index in [9.17, 15) is 9.59 Å². The highest BCUT2D eigenvalue weighted by Crippen LogP contribution is 2.19. The first-order chi connectivity index (χ1) is 5.11. The molecule has 1 rings (SSSR count). The van der Waals surface area contributed by atoms with Gasteiger partial charge in [-0.3, -0.25) is 9.59 Å². The van der Waals surface area contributed by atoms with Crippen molar-refractivity contribution in [1.82, 2.24) is 5.32 Å². The summed E-state index contributed by atoms with van der Waals surface area (Å²) in [5.41, 5.74) is 0.0142. The van der Waals surface area contributed by atoms with Gasteiger partial charge in [0.25, 0.3) is 0 Å². The average molecular weight is 175 g/mol. The number of carbonyl (C=O) groups excluding carboxylic acids is 1. The van der Waals surface area contributed by atoms with Gasteiger partial charge in [0.1, 0.15) is 0 Å². The highest BCUT2D eigenvalue weighted by molar-refractivity contribution is 7.40. The van der Waals surface area contributed by atoms with Gasteiger partial charge in [0.05, 0.1) is 6.04 Å². The Morgan fingerprint density at radius 2 is 2.18 bits per heavy atom. The van der Waals surface area contributed by atoms with Crippen molar-refractivity contribution in [2.45, 2.75) is 24.9 Å². The zero-order valence-electron chi connectivity index (χ0n) is 5.91. The first-order valence-corrected chi connectivity index (χ1v) is 3.96. The zero-order valence-corrected chi connectivity index (χ0v) is 7.06. The highest BCUT2D eigenvalue weighted by Gasteiger charge is 2.39. The monoisotopic (exact) mass is 175 g/mol. The Morgan fingerprint density at radius 3 is 2.55 bits per heavy atom. The van der Waals surface area contributed by atoms with Crippen LogP contribution in [0, 0.1) is 0 Å². The summed E-state index contributed by atoms with van der Waals surface area (Å²) in [6.45, 7) is 0. The van der Waals surface area contributed by atoms with Crippen LogP contribution >= 0.6 is 9.24 Å². The molecule has 3 unspecified atom stereocenters. The van der Waals surface area contributed by atoms with Gasteiger partial charge in [-0.05, 0) is 6.42 Å². The summed E-state index contributed by atoms with van der Waals surface area (Å²) in [5.74, 6) is -0.811. The lowest BCUT2D eigenvalue weighted by Crippen LogP contribution is -2.04. The first-order valence-electron chi connectivity index (χ1n) is 3.38. The van der Waals surface area contributed by atoms with Crippen LogP contribution in [-0.2, 0) is 9.59 Å². The van der Waals surface area contributed by atoms with Gasteiger partial charge in [-0.1, -0.05) is 9.24 Å². The fraction of sp³-hybridized carbons (Fsp3) is 0.667. The summed E-state index contributed by atoms with van der Waals surface area (Å²) in [4.78, 5) is 20.7. The van der Waals surface area contributed by atoms with Crippen molar-refractivity contribution >= 4 is 20.7 Å². The van der Waals surface area contributed by atoms with Gasteiger partial charge >= 0.3 is 5.97 Å². The Bertz CT molecular complexity index is 194. The van der Waals surface area contributed by atoms with E-state index in [1.54, 1.807) is 0 Å². The Balaban J connectivity index is 2.14. The van der Waals surface area contributed by atoms with E-state index < -0.39 is 5.97 Å². The fourth-order valence-electron chi connectivity index (χ4n) is 0.984. The minimum absolute atomic E-state index is 0.0142. The molecule has 2 N–H and O–H groups in total. The molecule has 5 heteroatoms. The molecule has 0 aromatic heterocycles. The van der Waals surface area contributed by atoms with E-state index in [4.69, 9.17) is 5.11 Å². The lowest BCUT2D eigenvalue weighted by atomic mass is 10.2. The smallest absolute Gasteiger partial charge is 0.303 e. The Labute approximate surface area is 66.6 Å². The molecule has 1 aliphatic heterocycles. The van der Waals surface area contributed by atoms with E-state index in [1.165, 1.54) is 0 Å².